The highest BCUT2D eigenvalue weighted by atomic mass is 19.1. The van der Waals surface area contributed by atoms with Crippen LogP contribution in [0.2, 0.25) is 0 Å². The van der Waals surface area contributed by atoms with Gasteiger partial charge in [-0.1, -0.05) is 24.8 Å². The van der Waals surface area contributed by atoms with Crippen molar-refractivity contribution in [1.29, 1.82) is 0 Å². The van der Waals surface area contributed by atoms with Gasteiger partial charge < -0.3 is 10.5 Å². The van der Waals surface area contributed by atoms with Crippen molar-refractivity contribution in [2.24, 2.45) is 0 Å². The van der Waals surface area contributed by atoms with Crippen LogP contribution in [-0.2, 0) is 4.74 Å². The van der Waals surface area contributed by atoms with Gasteiger partial charge in [0.25, 0.3) is 0 Å². The highest BCUT2D eigenvalue weighted by Crippen LogP contribution is 2.22. The van der Waals surface area contributed by atoms with Gasteiger partial charge in [-0.2, -0.15) is 5.10 Å². The first-order valence-corrected chi connectivity index (χ1v) is 8.07. The van der Waals surface area contributed by atoms with Crippen LogP contribution in [0.3, 0.4) is 0 Å². The van der Waals surface area contributed by atoms with Crippen molar-refractivity contribution in [2.75, 3.05) is 12.3 Å². The number of carbonyl (C=O) groups excluding carboxylic acids is 1. The van der Waals surface area contributed by atoms with Crippen molar-refractivity contribution >= 4 is 17.4 Å². The number of hydrogen-bond acceptors (Lipinski definition) is 4. The predicted molar refractivity (Wildman–Crippen MR) is 98.5 cm³/mol. The van der Waals surface area contributed by atoms with E-state index in [1.807, 2.05) is 13.0 Å². The van der Waals surface area contributed by atoms with E-state index < -0.39 is 0 Å². The second-order valence-electron chi connectivity index (χ2n) is 5.60. The van der Waals surface area contributed by atoms with Gasteiger partial charge in [0.15, 0.2) is 5.78 Å². The fourth-order valence-electron chi connectivity index (χ4n) is 2.57. The number of nitrogen functional groups attached to an aromatic ring is 1. The monoisotopic (exact) mass is 351 g/mol. The number of ether oxygens (including phenoxy) is 1. The van der Waals surface area contributed by atoms with Gasteiger partial charge in [-0.3, -0.25) is 4.79 Å². The minimum Gasteiger partial charge on any atom is -0.494 e. The van der Waals surface area contributed by atoms with Crippen molar-refractivity contribution in [1.82, 2.24) is 9.78 Å². The van der Waals surface area contributed by atoms with E-state index in [1.54, 1.807) is 30.3 Å². The maximum absolute atomic E-state index is 13.1. The molecule has 0 bridgehead atoms. The van der Waals surface area contributed by atoms with Gasteiger partial charge in [-0.05, 0) is 37.3 Å². The van der Waals surface area contributed by atoms with Gasteiger partial charge in [-0.15, -0.1) is 0 Å². The Labute approximate surface area is 150 Å². The summed E-state index contributed by atoms with van der Waals surface area (Å²) in [6.07, 6.45) is 1.41. The molecule has 0 aliphatic carbocycles. The van der Waals surface area contributed by atoms with Crippen LogP contribution in [0, 0.1) is 5.82 Å². The fraction of sp³-hybridized carbons (Fsp3) is 0.100. The summed E-state index contributed by atoms with van der Waals surface area (Å²) in [7, 11) is 0. The Bertz CT molecular complexity index is 961. The van der Waals surface area contributed by atoms with Crippen LogP contribution in [-0.4, -0.2) is 22.2 Å². The smallest absolute Gasteiger partial charge is 0.198 e. The number of anilines is 1. The van der Waals surface area contributed by atoms with E-state index in [1.165, 1.54) is 23.0 Å². The number of hydrogen-bond donors (Lipinski definition) is 1. The van der Waals surface area contributed by atoms with Crippen LogP contribution in [0.5, 0.6) is 0 Å². The van der Waals surface area contributed by atoms with Crippen molar-refractivity contribution in [2.45, 2.75) is 6.92 Å². The molecule has 0 aliphatic rings. The number of benzene rings is 2. The van der Waals surface area contributed by atoms with Crippen LogP contribution in [0.4, 0.5) is 10.2 Å². The second-order valence-corrected chi connectivity index (χ2v) is 5.60. The molecule has 1 aromatic heterocycles. The molecule has 3 aromatic rings. The Morgan fingerprint density at radius 3 is 2.62 bits per heavy atom. The van der Waals surface area contributed by atoms with Crippen molar-refractivity contribution in [3.05, 3.63) is 83.8 Å². The quantitative estimate of drug-likeness (QED) is 0.541. The second kappa shape index (κ2) is 7.23. The lowest BCUT2D eigenvalue weighted by Gasteiger charge is -2.08. The third kappa shape index (κ3) is 3.35. The Kier molecular flexibility index (Phi) is 4.84. The van der Waals surface area contributed by atoms with Gasteiger partial charge in [-0.25, -0.2) is 9.07 Å². The highest BCUT2D eigenvalue weighted by Gasteiger charge is 2.18. The van der Waals surface area contributed by atoms with E-state index in [9.17, 15) is 9.18 Å². The minimum absolute atomic E-state index is 0.190. The van der Waals surface area contributed by atoms with E-state index in [4.69, 9.17) is 10.5 Å². The maximum atomic E-state index is 13.1. The molecule has 0 unspecified atom stereocenters. The maximum Gasteiger partial charge on any atom is 0.198 e. The summed E-state index contributed by atoms with van der Waals surface area (Å²) in [5.41, 5.74) is 8.12. The first kappa shape index (κ1) is 17.4. The van der Waals surface area contributed by atoms with Crippen LogP contribution in [0.15, 0.2) is 61.3 Å². The summed E-state index contributed by atoms with van der Waals surface area (Å²) >= 11 is 0. The van der Waals surface area contributed by atoms with Crippen LogP contribution >= 0.6 is 0 Å². The van der Waals surface area contributed by atoms with Crippen molar-refractivity contribution in [3.63, 3.8) is 0 Å². The lowest BCUT2D eigenvalue weighted by Crippen LogP contribution is -2.07. The number of nitrogens with zero attached hydrogens (tertiary/aromatic N) is 2. The van der Waals surface area contributed by atoms with E-state index in [-0.39, 0.29) is 23.0 Å². The molecule has 0 aliphatic heterocycles. The summed E-state index contributed by atoms with van der Waals surface area (Å²) in [6.45, 7) is 6.21. The van der Waals surface area contributed by atoms with Crippen LogP contribution in [0.25, 0.3) is 11.4 Å². The van der Waals surface area contributed by atoms with Crippen LogP contribution < -0.4 is 5.73 Å². The first-order valence-electron chi connectivity index (χ1n) is 8.07. The average molecular weight is 351 g/mol. The Hall–Kier alpha value is -3.41. The molecule has 26 heavy (non-hydrogen) atoms. The Balaban J connectivity index is 1.93. The SMILES string of the molecule is C=C(OCC)c1cccc(C(=O)c2cnn(-c3ccc(F)cc3)c2N)c1. The molecule has 0 spiro atoms. The van der Waals surface area contributed by atoms with Gasteiger partial charge in [0, 0.05) is 11.1 Å². The fourth-order valence-corrected chi connectivity index (χ4v) is 2.57. The number of nitrogens with two attached hydrogens (primary N) is 1. The third-order valence-corrected chi connectivity index (χ3v) is 3.89. The summed E-state index contributed by atoms with van der Waals surface area (Å²) < 4.78 is 19.9. The summed E-state index contributed by atoms with van der Waals surface area (Å²) in [5, 5.41) is 4.16. The molecule has 3 rings (SSSR count). The molecule has 5 nitrogen and oxygen atoms in total. The Morgan fingerprint density at radius 1 is 1.23 bits per heavy atom. The summed E-state index contributed by atoms with van der Waals surface area (Å²) in [5.74, 6) is 0.0666. The molecule has 2 aromatic carbocycles. The standard InChI is InChI=1S/C20H18FN3O2/c1-3-26-13(2)14-5-4-6-15(11-14)19(25)18-12-23-24(20(18)22)17-9-7-16(21)8-10-17/h4-12H,2-3,22H2,1H3. The first-order chi connectivity index (χ1) is 12.5. The van der Waals surface area contributed by atoms with Gasteiger partial charge in [0.2, 0.25) is 0 Å². The largest absolute Gasteiger partial charge is 0.494 e. The van der Waals surface area contributed by atoms with Crippen molar-refractivity contribution < 1.29 is 13.9 Å². The van der Waals surface area contributed by atoms with Crippen LogP contribution in [0.1, 0.15) is 28.4 Å². The normalized spacial score (nSPS) is 10.5. The lowest BCUT2D eigenvalue weighted by atomic mass is 10.0. The molecule has 0 atom stereocenters. The predicted octanol–water partition coefficient (Wildman–Crippen LogP) is 3.83. The zero-order valence-electron chi connectivity index (χ0n) is 14.3. The van der Waals surface area contributed by atoms with E-state index in [0.717, 1.165) is 5.56 Å². The Morgan fingerprint density at radius 2 is 1.92 bits per heavy atom. The van der Waals surface area contributed by atoms with Gasteiger partial charge >= 0.3 is 0 Å². The molecule has 0 fully saturated rings. The molecule has 6 heteroatoms. The van der Waals surface area contributed by atoms with Gasteiger partial charge in [0.1, 0.15) is 17.4 Å². The number of halogens is 1. The average Bonchev–Trinajstić information content (AvgIpc) is 3.03. The zero-order chi connectivity index (χ0) is 18.7. The molecule has 132 valence electrons. The minimum atomic E-state index is -0.359. The highest BCUT2D eigenvalue weighted by molar-refractivity contribution is 6.12. The number of rotatable bonds is 6. The lowest BCUT2D eigenvalue weighted by molar-refractivity contribution is 0.103. The van der Waals surface area contributed by atoms with Gasteiger partial charge in [0.05, 0.1) is 24.1 Å². The molecule has 0 saturated heterocycles. The number of aromatic nitrogens is 2. The topological polar surface area (TPSA) is 70.1 Å². The molecular weight excluding hydrogens is 333 g/mol. The summed E-state index contributed by atoms with van der Waals surface area (Å²) in [6, 6.07) is 12.7. The third-order valence-electron chi connectivity index (χ3n) is 3.89. The molecule has 2 N–H and O–H groups in total. The summed E-state index contributed by atoms with van der Waals surface area (Å²) in [4.78, 5) is 12.8. The molecular formula is C20H18FN3O2. The van der Waals surface area contributed by atoms with Crippen molar-refractivity contribution in [3.8, 4) is 5.69 Å². The molecule has 0 amide bonds. The number of ketones is 1. The number of carbonyl (C=O) groups is 1. The molecule has 0 saturated carbocycles. The zero-order valence-corrected chi connectivity index (χ0v) is 14.3. The van der Waals surface area contributed by atoms with E-state index >= 15 is 0 Å². The molecule has 0 radical (unpaired) electrons. The van der Waals surface area contributed by atoms with E-state index in [0.29, 0.717) is 23.6 Å². The van der Waals surface area contributed by atoms with E-state index in [2.05, 4.69) is 11.7 Å². The molecule has 1 heterocycles.